The molecule has 3 aromatic carbocycles. The predicted octanol–water partition coefficient (Wildman–Crippen LogP) is 5.67. The van der Waals surface area contributed by atoms with Gasteiger partial charge in [0.15, 0.2) is 0 Å². The maximum Gasteiger partial charge on any atom is 0.249 e. The molecule has 0 aliphatic carbocycles. The van der Waals surface area contributed by atoms with E-state index < -0.39 is 0 Å². The highest BCUT2D eigenvalue weighted by molar-refractivity contribution is 14.1. The van der Waals surface area contributed by atoms with Crippen LogP contribution in [-0.2, 0) is 6.54 Å². The predicted molar refractivity (Wildman–Crippen MR) is 120 cm³/mol. The third-order valence-corrected chi connectivity index (χ3v) is 5.82. The van der Waals surface area contributed by atoms with Gasteiger partial charge in [0.25, 0.3) is 0 Å². The zero-order chi connectivity index (χ0) is 19.1. The molecule has 1 heterocycles. The lowest BCUT2D eigenvalue weighted by molar-refractivity contribution is 0.100. The summed E-state index contributed by atoms with van der Waals surface area (Å²) >= 11 is 2.32. The Kier molecular flexibility index (Phi) is 4.68. The van der Waals surface area contributed by atoms with Crippen molar-refractivity contribution in [2.24, 2.45) is 5.73 Å². The molecule has 0 unspecified atom stereocenters. The van der Waals surface area contributed by atoms with Gasteiger partial charge in [-0.3, -0.25) is 4.79 Å². The lowest BCUT2D eigenvalue weighted by atomic mass is 10.00. The van der Waals surface area contributed by atoms with E-state index in [4.69, 9.17) is 5.73 Å². The minimum absolute atomic E-state index is 0.387. The molecule has 4 heteroatoms. The number of rotatable bonds is 4. The van der Waals surface area contributed by atoms with Gasteiger partial charge in [-0.25, -0.2) is 0 Å². The van der Waals surface area contributed by atoms with Crippen molar-refractivity contribution in [1.82, 2.24) is 4.57 Å². The highest BCUT2D eigenvalue weighted by atomic mass is 127. The number of benzene rings is 3. The molecular weight excluding hydrogens is 447 g/mol. The molecule has 3 nitrogen and oxygen atoms in total. The van der Waals surface area contributed by atoms with E-state index in [0.29, 0.717) is 11.5 Å². The molecule has 0 saturated heterocycles. The van der Waals surface area contributed by atoms with Gasteiger partial charge in [-0.2, -0.15) is 0 Å². The molecule has 0 radical (unpaired) electrons. The van der Waals surface area contributed by atoms with Crippen LogP contribution in [0.3, 0.4) is 0 Å². The Bertz CT molecular complexity index is 1160. The topological polar surface area (TPSA) is 48.0 Å². The van der Waals surface area contributed by atoms with Gasteiger partial charge in [0.1, 0.15) is 0 Å². The van der Waals surface area contributed by atoms with E-state index >= 15 is 0 Å². The summed E-state index contributed by atoms with van der Waals surface area (Å²) in [6, 6.07) is 20.9. The molecule has 1 amide bonds. The Morgan fingerprint density at radius 2 is 1.78 bits per heavy atom. The maximum absolute atomic E-state index is 12.1. The van der Waals surface area contributed by atoms with Crippen LogP contribution in [0.1, 0.15) is 41.3 Å². The Labute approximate surface area is 172 Å². The molecule has 0 bridgehead atoms. The van der Waals surface area contributed by atoms with Crippen molar-refractivity contribution in [2.45, 2.75) is 26.3 Å². The lowest BCUT2D eigenvalue weighted by Crippen LogP contribution is -2.11. The van der Waals surface area contributed by atoms with E-state index in [1.807, 2.05) is 12.1 Å². The molecule has 136 valence electrons. The van der Waals surface area contributed by atoms with Crippen molar-refractivity contribution < 1.29 is 4.79 Å². The van der Waals surface area contributed by atoms with Crippen LogP contribution in [-0.4, -0.2) is 10.5 Å². The van der Waals surface area contributed by atoms with E-state index in [9.17, 15) is 4.79 Å². The number of aromatic nitrogens is 1. The SMILES string of the molecule is CC(C)c1ccc2c3c(C(N)=O)cccc3n(Cc3ccc(I)cc3)c2c1. The van der Waals surface area contributed by atoms with Gasteiger partial charge in [-0.15, -0.1) is 0 Å². The van der Waals surface area contributed by atoms with Gasteiger partial charge in [0.2, 0.25) is 5.91 Å². The summed E-state index contributed by atoms with van der Waals surface area (Å²) in [5.74, 6) is 0.0524. The summed E-state index contributed by atoms with van der Waals surface area (Å²) in [6.45, 7) is 5.14. The van der Waals surface area contributed by atoms with E-state index in [0.717, 1.165) is 28.4 Å². The maximum atomic E-state index is 12.1. The number of amides is 1. The third-order valence-electron chi connectivity index (χ3n) is 5.10. The summed E-state index contributed by atoms with van der Waals surface area (Å²) in [6.07, 6.45) is 0. The normalized spacial score (nSPS) is 11.6. The molecule has 0 spiro atoms. The van der Waals surface area contributed by atoms with Gasteiger partial charge in [-0.05, 0) is 70.0 Å². The van der Waals surface area contributed by atoms with Gasteiger partial charge >= 0.3 is 0 Å². The van der Waals surface area contributed by atoms with Crippen molar-refractivity contribution >= 4 is 50.3 Å². The van der Waals surface area contributed by atoms with Crippen LogP contribution >= 0.6 is 22.6 Å². The first kappa shape index (κ1) is 18.0. The molecule has 4 rings (SSSR count). The van der Waals surface area contributed by atoms with Crippen molar-refractivity contribution in [3.05, 3.63) is 80.9 Å². The second-order valence-electron chi connectivity index (χ2n) is 7.21. The number of nitrogens with zero attached hydrogens (tertiary/aromatic N) is 1. The zero-order valence-corrected chi connectivity index (χ0v) is 17.5. The minimum Gasteiger partial charge on any atom is -0.366 e. The molecule has 1 aromatic heterocycles. The standard InChI is InChI=1S/C23H21IN2O/c1-14(2)16-8-11-18-21(12-16)26(13-15-6-9-17(24)10-7-15)20-5-3-4-19(22(18)20)23(25)27/h3-12,14H,13H2,1-2H3,(H2,25,27). The molecule has 0 aliphatic heterocycles. The Balaban J connectivity index is 2.03. The number of halogens is 1. The van der Waals surface area contributed by atoms with Gasteiger partial charge < -0.3 is 10.3 Å². The average Bonchev–Trinajstić information content (AvgIpc) is 2.96. The molecule has 0 aliphatic rings. The van der Waals surface area contributed by atoms with Crippen LogP contribution in [0, 0.1) is 3.57 Å². The van der Waals surface area contributed by atoms with Gasteiger partial charge in [-0.1, -0.05) is 44.2 Å². The first-order valence-electron chi connectivity index (χ1n) is 9.05. The van der Waals surface area contributed by atoms with E-state index in [1.165, 1.54) is 14.7 Å². The fourth-order valence-electron chi connectivity index (χ4n) is 3.67. The fourth-order valence-corrected chi connectivity index (χ4v) is 4.03. The number of hydrogen-bond acceptors (Lipinski definition) is 1. The van der Waals surface area contributed by atoms with Crippen LogP contribution in [0.15, 0.2) is 60.7 Å². The Morgan fingerprint density at radius 3 is 2.44 bits per heavy atom. The van der Waals surface area contributed by atoms with Crippen LogP contribution in [0.5, 0.6) is 0 Å². The number of carbonyl (C=O) groups is 1. The monoisotopic (exact) mass is 468 g/mol. The van der Waals surface area contributed by atoms with Crippen molar-refractivity contribution in [3.8, 4) is 0 Å². The van der Waals surface area contributed by atoms with Crippen LogP contribution in [0.4, 0.5) is 0 Å². The van der Waals surface area contributed by atoms with Gasteiger partial charge in [0.05, 0.1) is 5.52 Å². The highest BCUT2D eigenvalue weighted by Gasteiger charge is 2.17. The minimum atomic E-state index is -0.387. The number of carbonyl (C=O) groups excluding carboxylic acids is 1. The highest BCUT2D eigenvalue weighted by Crippen LogP contribution is 2.34. The first-order chi connectivity index (χ1) is 13.0. The van der Waals surface area contributed by atoms with Crippen LogP contribution in [0.25, 0.3) is 21.8 Å². The summed E-state index contributed by atoms with van der Waals surface area (Å²) < 4.78 is 3.52. The Hall–Kier alpha value is -2.34. The second kappa shape index (κ2) is 7.00. The van der Waals surface area contributed by atoms with Crippen LogP contribution < -0.4 is 5.73 Å². The van der Waals surface area contributed by atoms with E-state index in [2.05, 4.69) is 89.5 Å². The fraction of sp³-hybridized carbons (Fsp3) is 0.174. The van der Waals surface area contributed by atoms with Gasteiger partial charge in [0, 0.05) is 32.0 Å². The summed E-state index contributed by atoms with van der Waals surface area (Å²) in [7, 11) is 0. The smallest absolute Gasteiger partial charge is 0.249 e. The van der Waals surface area contributed by atoms with Crippen LogP contribution in [0.2, 0.25) is 0 Å². The summed E-state index contributed by atoms with van der Waals surface area (Å²) in [4.78, 5) is 12.1. The van der Waals surface area contributed by atoms with Crippen molar-refractivity contribution in [2.75, 3.05) is 0 Å². The molecule has 4 aromatic rings. The zero-order valence-electron chi connectivity index (χ0n) is 15.4. The first-order valence-corrected chi connectivity index (χ1v) is 10.1. The van der Waals surface area contributed by atoms with E-state index in [-0.39, 0.29) is 5.91 Å². The van der Waals surface area contributed by atoms with Crippen molar-refractivity contribution in [3.63, 3.8) is 0 Å². The number of hydrogen-bond donors (Lipinski definition) is 1. The second-order valence-corrected chi connectivity index (χ2v) is 8.45. The number of fused-ring (bicyclic) bond motifs is 3. The Morgan fingerprint density at radius 1 is 1.04 bits per heavy atom. The molecule has 0 fully saturated rings. The molecule has 2 N–H and O–H groups in total. The third kappa shape index (κ3) is 3.23. The molecular formula is C23H21IN2O. The largest absolute Gasteiger partial charge is 0.366 e. The summed E-state index contributed by atoms with van der Waals surface area (Å²) in [5, 5.41) is 2.02. The van der Waals surface area contributed by atoms with Crippen molar-refractivity contribution in [1.29, 1.82) is 0 Å². The molecule has 0 atom stereocenters. The number of primary amides is 1. The molecule has 0 saturated carbocycles. The lowest BCUT2D eigenvalue weighted by Gasteiger charge is -2.10. The number of nitrogens with two attached hydrogens (primary N) is 1. The summed E-state index contributed by atoms with van der Waals surface area (Å²) in [5.41, 5.74) is 11.0. The average molecular weight is 468 g/mol. The van der Waals surface area contributed by atoms with E-state index in [1.54, 1.807) is 0 Å². The molecule has 27 heavy (non-hydrogen) atoms. The quantitative estimate of drug-likeness (QED) is 0.386.